The fourth-order valence-electron chi connectivity index (χ4n) is 1.73. The number of hydrogen-bond donors (Lipinski definition) is 2. The number of hydrogen-bond acceptors (Lipinski definition) is 3. The third-order valence-electron chi connectivity index (χ3n) is 2.38. The highest BCUT2D eigenvalue weighted by Crippen LogP contribution is 2.26. The Morgan fingerprint density at radius 3 is 2.20 bits per heavy atom. The maximum atomic E-state index is 5.95. The van der Waals surface area contributed by atoms with Crippen molar-refractivity contribution in [3.8, 4) is 0 Å². The molecule has 0 saturated carbocycles. The Morgan fingerprint density at radius 2 is 1.67 bits per heavy atom. The molecular formula is C12H21N3. The van der Waals surface area contributed by atoms with E-state index in [-0.39, 0.29) is 0 Å². The topological polar surface area (TPSA) is 55.3 Å². The highest BCUT2D eigenvalue weighted by Gasteiger charge is 2.08. The molecule has 1 aromatic rings. The van der Waals surface area contributed by atoms with Gasteiger partial charge in [0.25, 0.3) is 0 Å². The molecule has 1 aromatic carbocycles. The molecule has 0 bridgehead atoms. The summed E-state index contributed by atoms with van der Waals surface area (Å²) in [7, 11) is 0. The van der Waals surface area contributed by atoms with Crippen LogP contribution < -0.4 is 16.4 Å². The molecule has 3 heteroatoms. The summed E-state index contributed by atoms with van der Waals surface area (Å²) < 4.78 is 0. The number of rotatable bonds is 5. The van der Waals surface area contributed by atoms with Gasteiger partial charge < -0.3 is 16.4 Å². The normalized spacial score (nSPS) is 10.3. The molecule has 84 valence electrons. The third kappa shape index (κ3) is 3.05. The largest absolute Gasteiger partial charge is 0.399 e. The molecule has 0 aliphatic rings. The lowest BCUT2D eigenvalue weighted by molar-refractivity contribution is 0.746. The first kappa shape index (κ1) is 11.7. The first-order valence-electron chi connectivity index (χ1n) is 5.59. The Balaban J connectivity index is 2.93. The van der Waals surface area contributed by atoms with Gasteiger partial charge in [0.05, 0.1) is 11.4 Å². The van der Waals surface area contributed by atoms with E-state index < -0.39 is 0 Å². The van der Waals surface area contributed by atoms with Crippen molar-refractivity contribution in [3.05, 3.63) is 18.2 Å². The zero-order valence-electron chi connectivity index (χ0n) is 9.66. The predicted octanol–water partition coefficient (Wildman–Crippen LogP) is 2.48. The minimum Gasteiger partial charge on any atom is -0.399 e. The Labute approximate surface area is 92.1 Å². The van der Waals surface area contributed by atoms with Gasteiger partial charge in [0.2, 0.25) is 0 Å². The Kier molecular flexibility index (Phi) is 4.28. The minimum absolute atomic E-state index is 0.774. The number of nitrogens with two attached hydrogens (primary N) is 2. The van der Waals surface area contributed by atoms with E-state index >= 15 is 0 Å². The van der Waals surface area contributed by atoms with Gasteiger partial charge in [-0.1, -0.05) is 13.8 Å². The third-order valence-corrected chi connectivity index (χ3v) is 2.38. The molecule has 0 atom stereocenters. The first-order valence-corrected chi connectivity index (χ1v) is 5.59. The average molecular weight is 207 g/mol. The van der Waals surface area contributed by atoms with Gasteiger partial charge in [-0.05, 0) is 31.0 Å². The van der Waals surface area contributed by atoms with Crippen molar-refractivity contribution >= 4 is 17.1 Å². The zero-order chi connectivity index (χ0) is 11.3. The molecule has 3 nitrogen and oxygen atoms in total. The molecular weight excluding hydrogens is 186 g/mol. The molecule has 0 aliphatic heterocycles. The van der Waals surface area contributed by atoms with Crippen LogP contribution in [0.3, 0.4) is 0 Å². The molecule has 0 spiro atoms. The van der Waals surface area contributed by atoms with E-state index in [1.165, 1.54) is 0 Å². The van der Waals surface area contributed by atoms with Crippen molar-refractivity contribution in [2.75, 3.05) is 29.5 Å². The number of nitrogens with zero attached hydrogens (tertiary/aromatic N) is 1. The van der Waals surface area contributed by atoms with Crippen LogP contribution in [0, 0.1) is 0 Å². The van der Waals surface area contributed by atoms with Gasteiger partial charge >= 0.3 is 0 Å². The lowest BCUT2D eigenvalue weighted by Gasteiger charge is -2.25. The Bertz CT molecular complexity index is 304. The lowest BCUT2D eigenvalue weighted by Crippen LogP contribution is -2.25. The summed E-state index contributed by atoms with van der Waals surface area (Å²) in [6.45, 7) is 6.40. The SMILES string of the molecule is CCCN(CCC)c1cc(N)ccc1N. The van der Waals surface area contributed by atoms with Crippen molar-refractivity contribution in [3.63, 3.8) is 0 Å². The fraction of sp³-hybridized carbons (Fsp3) is 0.500. The van der Waals surface area contributed by atoms with Crippen LogP contribution in [-0.2, 0) is 0 Å². The molecule has 0 unspecified atom stereocenters. The first-order chi connectivity index (χ1) is 7.19. The molecule has 0 heterocycles. The van der Waals surface area contributed by atoms with Crippen molar-refractivity contribution in [1.82, 2.24) is 0 Å². The molecule has 0 saturated heterocycles. The van der Waals surface area contributed by atoms with Gasteiger partial charge in [-0.3, -0.25) is 0 Å². The number of anilines is 3. The number of benzene rings is 1. The van der Waals surface area contributed by atoms with Crippen LogP contribution in [-0.4, -0.2) is 13.1 Å². The number of nitrogen functional groups attached to an aromatic ring is 2. The van der Waals surface area contributed by atoms with Crippen LogP contribution in [0.1, 0.15) is 26.7 Å². The highest BCUT2D eigenvalue weighted by molar-refractivity contribution is 5.72. The van der Waals surface area contributed by atoms with E-state index in [4.69, 9.17) is 11.5 Å². The second-order valence-electron chi connectivity index (χ2n) is 3.81. The van der Waals surface area contributed by atoms with Crippen molar-refractivity contribution in [1.29, 1.82) is 0 Å². The van der Waals surface area contributed by atoms with Crippen molar-refractivity contribution < 1.29 is 0 Å². The van der Waals surface area contributed by atoms with Crippen LogP contribution in [0.15, 0.2) is 18.2 Å². The highest BCUT2D eigenvalue weighted by atomic mass is 15.1. The summed E-state index contributed by atoms with van der Waals surface area (Å²) in [6.07, 6.45) is 2.24. The zero-order valence-corrected chi connectivity index (χ0v) is 9.66. The van der Waals surface area contributed by atoms with Crippen LogP contribution in [0.25, 0.3) is 0 Å². The molecule has 0 amide bonds. The van der Waals surface area contributed by atoms with Crippen LogP contribution >= 0.6 is 0 Å². The predicted molar refractivity (Wildman–Crippen MR) is 68.1 cm³/mol. The molecule has 4 N–H and O–H groups in total. The second kappa shape index (κ2) is 5.49. The summed E-state index contributed by atoms with van der Waals surface area (Å²) in [5.74, 6) is 0. The van der Waals surface area contributed by atoms with Crippen molar-refractivity contribution in [2.24, 2.45) is 0 Å². The van der Waals surface area contributed by atoms with E-state index in [1.54, 1.807) is 0 Å². The van der Waals surface area contributed by atoms with E-state index in [2.05, 4.69) is 18.7 Å². The van der Waals surface area contributed by atoms with E-state index in [0.717, 1.165) is 43.0 Å². The summed E-state index contributed by atoms with van der Waals surface area (Å²) in [5, 5.41) is 0. The standard InChI is InChI=1S/C12H21N3/c1-3-7-15(8-4-2)12-9-10(13)5-6-11(12)14/h5-6,9H,3-4,7-8,13-14H2,1-2H3. The van der Waals surface area contributed by atoms with Crippen molar-refractivity contribution in [2.45, 2.75) is 26.7 Å². The molecule has 0 aliphatic carbocycles. The van der Waals surface area contributed by atoms with E-state index in [1.807, 2.05) is 18.2 Å². The summed E-state index contributed by atoms with van der Waals surface area (Å²) in [4.78, 5) is 2.30. The van der Waals surface area contributed by atoms with Crippen LogP contribution in [0.5, 0.6) is 0 Å². The quantitative estimate of drug-likeness (QED) is 0.729. The van der Waals surface area contributed by atoms with Gasteiger partial charge in [0.1, 0.15) is 0 Å². The molecule has 0 fully saturated rings. The molecule has 15 heavy (non-hydrogen) atoms. The second-order valence-corrected chi connectivity index (χ2v) is 3.81. The average Bonchev–Trinajstić information content (AvgIpc) is 2.21. The summed E-state index contributed by atoms with van der Waals surface area (Å²) >= 11 is 0. The summed E-state index contributed by atoms with van der Waals surface area (Å²) in [6, 6.07) is 5.68. The van der Waals surface area contributed by atoms with Gasteiger partial charge in [0.15, 0.2) is 0 Å². The van der Waals surface area contributed by atoms with Gasteiger partial charge in [0, 0.05) is 18.8 Å². The molecule has 0 aromatic heterocycles. The fourth-order valence-corrected chi connectivity index (χ4v) is 1.73. The molecule has 0 radical (unpaired) electrons. The maximum Gasteiger partial charge on any atom is 0.0620 e. The molecule has 1 rings (SSSR count). The van der Waals surface area contributed by atoms with E-state index in [0.29, 0.717) is 0 Å². The minimum atomic E-state index is 0.774. The Hall–Kier alpha value is -1.38. The van der Waals surface area contributed by atoms with Gasteiger partial charge in [-0.15, -0.1) is 0 Å². The monoisotopic (exact) mass is 207 g/mol. The van der Waals surface area contributed by atoms with Gasteiger partial charge in [-0.2, -0.15) is 0 Å². The maximum absolute atomic E-state index is 5.95. The van der Waals surface area contributed by atoms with Gasteiger partial charge in [-0.25, -0.2) is 0 Å². The Morgan fingerprint density at radius 1 is 1.07 bits per heavy atom. The van der Waals surface area contributed by atoms with Crippen LogP contribution in [0.4, 0.5) is 17.1 Å². The summed E-state index contributed by atoms with van der Waals surface area (Å²) in [5.41, 5.74) is 14.4. The smallest absolute Gasteiger partial charge is 0.0620 e. The van der Waals surface area contributed by atoms with E-state index in [9.17, 15) is 0 Å². The lowest BCUT2D eigenvalue weighted by atomic mass is 10.2. The van der Waals surface area contributed by atoms with Crippen LogP contribution in [0.2, 0.25) is 0 Å².